The molecular formula is C9H20N4O2. The Morgan fingerprint density at radius 2 is 1.67 bits per heavy atom. The Balaban J connectivity index is 3.52. The van der Waals surface area contributed by atoms with Crippen LogP contribution in [-0.4, -0.2) is 57.0 Å². The zero-order valence-corrected chi connectivity index (χ0v) is 8.95. The van der Waals surface area contributed by atoms with Gasteiger partial charge in [-0.2, -0.15) is 0 Å². The fourth-order valence-electron chi connectivity index (χ4n) is 1.26. The smallest absolute Gasteiger partial charge is 0.207 e. The third-order valence-corrected chi connectivity index (χ3v) is 1.98. The third kappa shape index (κ3) is 9.17. The number of hydrogen-bond donors (Lipinski definition) is 3. The summed E-state index contributed by atoms with van der Waals surface area (Å²) in [6.45, 7) is 4.37. The normalized spacial score (nSPS) is 10.0. The van der Waals surface area contributed by atoms with Crippen molar-refractivity contribution in [1.82, 2.24) is 15.5 Å². The fourth-order valence-corrected chi connectivity index (χ4v) is 1.26. The van der Waals surface area contributed by atoms with Crippen LogP contribution in [0.4, 0.5) is 0 Å². The topological polar surface area (TPSA) is 87.5 Å². The Labute approximate surface area is 90.2 Å². The van der Waals surface area contributed by atoms with Gasteiger partial charge < -0.3 is 21.3 Å². The van der Waals surface area contributed by atoms with E-state index in [0.717, 1.165) is 26.1 Å². The Kier molecular flexibility index (Phi) is 10.1. The second-order valence-corrected chi connectivity index (χ2v) is 3.13. The van der Waals surface area contributed by atoms with E-state index in [-0.39, 0.29) is 0 Å². The molecule has 0 saturated heterocycles. The minimum atomic E-state index is 0.599. The lowest BCUT2D eigenvalue weighted by atomic mass is 10.3. The van der Waals surface area contributed by atoms with Crippen LogP contribution >= 0.6 is 0 Å². The van der Waals surface area contributed by atoms with Gasteiger partial charge in [-0.25, -0.2) is 0 Å². The predicted octanol–water partition coefficient (Wildman–Crippen LogP) is -1.87. The van der Waals surface area contributed by atoms with Crippen LogP contribution in [0.1, 0.15) is 6.42 Å². The van der Waals surface area contributed by atoms with Crippen molar-refractivity contribution in [2.24, 2.45) is 5.73 Å². The zero-order chi connectivity index (χ0) is 11.4. The first kappa shape index (κ1) is 13.9. The van der Waals surface area contributed by atoms with Crippen LogP contribution in [0, 0.1) is 0 Å². The van der Waals surface area contributed by atoms with Crippen LogP contribution in [-0.2, 0) is 9.59 Å². The molecule has 0 heterocycles. The van der Waals surface area contributed by atoms with Crippen molar-refractivity contribution in [3.05, 3.63) is 0 Å². The lowest BCUT2D eigenvalue weighted by molar-refractivity contribution is -0.110. The number of nitrogens with zero attached hydrogens (tertiary/aromatic N) is 1. The standard InChI is InChI=1S/C9H20N4O2/c10-2-6-13(7-4-12-9-15)5-1-3-11-8-14/h8-9H,1-7,10H2,(H,11,14)(H,12,15). The fraction of sp³-hybridized carbons (Fsp3) is 0.778. The second-order valence-electron chi connectivity index (χ2n) is 3.13. The maximum Gasteiger partial charge on any atom is 0.207 e. The molecule has 15 heavy (non-hydrogen) atoms. The number of carbonyl (C=O) groups is 2. The van der Waals surface area contributed by atoms with E-state index in [4.69, 9.17) is 5.73 Å². The molecule has 0 radical (unpaired) electrons. The molecule has 0 rings (SSSR count). The number of carbonyl (C=O) groups excluding carboxylic acids is 2. The summed E-state index contributed by atoms with van der Waals surface area (Å²) in [4.78, 5) is 22.2. The van der Waals surface area contributed by atoms with Crippen molar-refractivity contribution in [3.8, 4) is 0 Å². The van der Waals surface area contributed by atoms with E-state index in [1.165, 1.54) is 0 Å². The summed E-state index contributed by atoms with van der Waals surface area (Å²) < 4.78 is 0. The van der Waals surface area contributed by atoms with Gasteiger partial charge in [-0.1, -0.05) is 0 Å². The molecule has 0 bridgehead atoms. The molecule has 0 aliphatic heterocycles. The van der Waals surface area contributed by atoms with Gasteiger partial charge in [-0.05, 0) is 13.0 Å². The van der Waals surface area contributed by atoms with Crippen LogP contribution in [0.25, 0.3) is 0 Å². The molecule has 88 valence electrons. The maximum atomic E-state index is 10.0. The van der Waals surface area contributed by atoms with Gasteiger partial charge in [0, 0.05) is 32.7 Å². The molecule has 2 amide bonds. The van der Waals surface area contributed by atoms with Crippen LogP contribution < -0.4 is 16.4 Å². The molecule has 0 aromatic heterocycles. The Bertz CT molecular complexity index is 166. The van der Waals surface area contributed by atoms with Crippen molar-refractivity contribution in [2.75, 3.05) is 39.3 Å². The van der Waals surface area contributed by atoms with E-state index in [1.54, 1.807) is 0 Å². The molecule has 0 spiro atoms. The predicted molar refractivity (Wildman–Crippen MR) is 58.2 cm³/mol. The Morgan fingerprint density at radius 1 is 1.00 bits per heavy atom. The summed E-state index contributed by atoms with van der Waals surface area (Å²) in [6, 6.07) is 0. The molecule has 0 aromatic carbocycles. The third-order valence-electron chi connectivity index (χ3n) is 1.98. The van der Waals surface area contributed by atoms with E-state index in [9.17, 15) is 9.59 Å². The minimum absolute atomic E-state index is 0.599. The number of nitrogens with one attached hydrogen (secondary N) is 2. The highest BCUT2D eigenvalue weighted by Gasteiger charge is 2.02. The van der Waals surface area contributed by atoms with Gasteiger partial charge in [0.05, 0.1) is 0 Å². The lowest BCUT2D eigenvalue weighted by Gasteiger charge is -2.20. The highest BCUT2D eigenvalue weighted by Crippen LogP contribution is 1.89. The number of nitrogens with two attached hydrogens (primary N) is 1. The number of amides is 2. The van der Waals surface area contributed by atoms with Crippen LogP contribution in [0.5, 0.6) is 0 Å². The van der Waals surface area contributed by atoms with E-state index in [1.807, 2.05) is 0 Å². The second kappa shape index (κ2) is 10.9. The molecule has 0 fully saturated rings. The van der Waals surface area contributed by atoms with Crippen LogP contribution in [0.15, 0.2) is 0 Å². The summed E-state index contributed by atoms with van der Waals surface area (Å²) in [7, 11) is 0. The number of rotatable bonds is 11. The number of hydrogen-bond acceptors (Lipinski definition) is 4. The van der Waals surface area contributed by atoms with Crippen molar-refractivity contribution in [3.63, 3.8) is 0 Å². The van der Waals surface area contributed by atoms with Gasteiger partial charge in [0.1, 0.15) is 0 Å². The highest BCUT2D eigenvalue weighted by atomic mass is 16.1. The summed E-state index contributed by atoms with van der Waals surface area (Å²) >= 11 is 0. The van der Waals surface area contributed by atoms with Crippen molar-refractivity contribution in [1.29, 1.82) is 0 Å². The first-order valence-electron chi connectivity index (χ1n) is 5.11. The van der Waals surface area contributed by atoms with Gasteiger partial charge in [0.25, 0.3) is 0 Å². The molecule has 6 nitrogen and oxygen atoms in total. The zero-order valence-electron chi connectivity index (χ0n) is 8.95. The molecule has 4 N–H and O–H groups in total. The highest BCUT2D eigenvalue weighted by molar-refractivity contribution is 5.45. The van der Waals surface area contributed by atoms with Gasteiger partial charge >= 0.3 is 0 Å². The maximum absolute atomic E-state index is 10.0. The molecule has 0 unspecified atom stereocenters. The monoisotopic (exact) mass is 216 g/mol. The van der Waals surface area contributed by atoms with Crippen molar-refractivity contribution >= 4 is 12.8 Å². The van der Waals surface area contributed by atoms with E-state index in [2.05, 4.69) is 15.5 Å². The molecule has 0 aliphatic carbocycles. The van der Waals surface area contributed by atoms with Gasteiger partial charge in [-0.3, -0.25) is 9.59 Å². The summed E-state index contributed by atoms with van der Waals surface area (Å²) in [5.74, 6) is 0. The van der Waals surface area contributed by atoms with Crippen molar-refractivity contribution in [2.45, 2.75) is 6.42 Å². The van der Waals surface area contributed by atoms with Gasteiger partial charge in [0.15, 0.2) is 0 Å². The quantitative estimate of drug-likeness (QED) is 0.279. The average Bonchev–Trinajstić information content (AvgIpc) is 2.24. The summed E-state index contributed by atoms with van der Waals surface area (Å²) in [5, 5.41) is 5.21. The molecular weight excluding hydrogens is 196 g/mol. The van der Waals surface area contributed by atoms with Crippen LogP contribution in [0.3, 0.4) is 0 Å². The minimum Gasteiger partial charge on any atom is -0.359 e. The first-order valence-corrected chi connectivity index (χ1v) is 5.11. The molecule has 0 saturated carbocycles. The SMILES string of the molecule is NCCN(CCCNC=O)CCNC=O. The average molecular weight is 216 g/mol. The van der Waals surface area contributed by atoms with Crippen molar-refractivity contribution < 1.29 is 9.59 Å². The summed E-state index contributed by atoms with van der Waals surface area (Å²) in [5.41, 5.74) is 5.46. The van der Waals surface area contributed by atoms with E-state index >= 15 is 0 Å². The van der Waals surface area contributed by atoms with E-state index in [0.29, 0.717) is 32.5 Å². The van der Waals surface area contributed by atoms with Gasteiger partial charge in [-0.15, -0.1) is 0 Å². The molecule has 0 aromatic rings. The van der Waals surface area contributed by atoms with Crippen LogP contribution in [0.2, 0.25) is 0 Å². The molecule has 0 aliphatic rings. The summed E-state index contributed by atoms with van der Waals surface area (Å²) in [6.07, 6.45) is 2.27. The Morgan fingerprint density at radius 3 is 2.27 bits per heavy atom. The molecule has 0 atom stereocenters. The lowest BCUT2D eigenvalue weighted by Crippen LogP contribution is -2.36. The first-order chi connectivity index (χ1) is 7.35. The van der Waals surface area contributed by atoms with Gasteiger partial charge in [0.2, 0.25) is 12.8 Å². The molecule has 6 heteroatoms. The largest absolute Gasteiger partial charge is 0.359 e. The Hall–Kier alpha value is -1.14. The van der Waals surface area contributed by atoms with E-state index < -0.39 is 0 Å².